The third-order valence-corrected chi connectivity index (χ3v) is 4.52. The number of carbonyl (C=O) groups excluding carboxylic acids is 2. The molecule has 0 spiro atoms. The van der Waals surface area contributed by atoms with E-state index in [-0.39, 0.29) is 17.3 Å². The normalized spacial score (nSPS) is 14.6. The Kier molecular flexibility index (Phi) is 6.16. The zero-order valence-electron chi connectivity index (χ0n) is 15.0. The molecule has 0 unspecified atom stereocenters. The SMILES string of the molecule is CCOc1cc(C=C2N=C(c3ccccc3Cl)OC2=O)cc(Br)c1OC(C)=O. The average Bonchev–Trinajstić information content (AvgIpc) is 2.99. The summed E-state index contributed by atoms with van der Waals surface area (Å²) in [5.41, 5.74) is 1.26. The molecular weight excluding hydrogens is 450 g/mol. The molecule has 0 amide bonds. The lowest BCUT2D eigenvalue weighted by molar-refractivity contribution is -0.132. The van der Waals surface area contributed by atoms with Crippen molar-refractivity contribution in [2.75, 3.05) is 6.61 Å². The Labute approximate surface area is 174 Å². The van der Waals surface area contributed by atoms with E-state index < -0.39 is 11.9 Å². The van der Waals surface area contributed by atoms with Crippen molar-refractivity contribution < 1.29 is 23.8 Å². The van der Waals surface area contributed by atoms with Gasteiger partial charge < -0.3 is 14.2 Å². The number of rotatable bonds is 5. The molecule has 1 heterocycles. The first-order valence-corrected chi connectivity index (χ1v) is 9.48. The van der Waals surface area contributed by atoms with E-state index in [2.05, 4.69) is 20.9 Å². The largest absolute Gasteiger partial charge is 0.490 e. The summed E-state index contributed by atoms with van der Waals surface area (Å²) in [6.45, 7) is 3.49. The predicted molar refractivity (Wildman–Crippen MR) is 109 cm³/mol. The minimum atomic E-state index is -0.590. The van der Waals surface area contributed by atoms with Crippen LogP contribution in [-0.4, -0.2) is 24.4 Å². The Morgan fingerprint density at radius 1 is 1.32 bits per heavy atom. The molecule has 2 aromatic rings. The summed E-state index contributed by atoms with van der Waals surface area (Å²) in [6, 6.07) is 10.3. The molecule has 0 aliphatic carbocycles. The van der Waals surface area contributed by atoms with Crippen molar-refractivity contribution in [3.63, 3.8) is 0 Å². The number of aliphatic imine (C=N–C) groups is 1. The van der Waals surface area contributed by atoms with E-state index in [9.17, 15) is 9.59 Å². The molecule has 8 heteroatoms. The molecule has 0 atom stereocenters. The molecule has 0 aromatic heterocycles. The fraction of sp³-hybridized carbons (Fsp3) is 0.150. The molecule has 28 heavy (non-hydrogen) atoms. The quantitative estimate of drug-likeness (QED) is 0.362. The van der Waals surface area contributed by atoms with Crippen LogP contribution in [0.1, 0.15) is 25.0 Å². The zero-order valence-corrected chi connectivity index (χ0v) is 17.3. The van der Waals surface area contributed by atoms with E-state index in [1.807, 2.05) is 6.92 Å². The Hall–Kier alpha value is -2.64. The van der Waals surface area contributed by atoms with Crippen molar-refractivity contribution in [2.24, 2.45) is 4.99 Å². The highest BCUT2D eigenvalue weighted by Gasteiger charge is 2.26. The lowest BCUT2D eigenvalue weighted by atomic mass is 10.1. The number of cyclic esters (lactones) is 1. The molecule has 0 N–H and O–H groups in total. The van der Waals surface area contributed by atoms with Gasteiger partial charge in [-0.05, 0) is 58.8 Å². The first kappa shape index (κ1) is 20.1. The molecule has 1 aliphatic rings. The van der Waals surface area contributed by atoms with E-state index in [0.29, 0.717) is 33.0 Å². The van der Waals surface area contributed by atoms with E-state index in [0.717, 1.165) is 0 Å². The highest BCUT2D eigenvalue weighted by atomic mass is 79.9. The number of halogens is 2. The summed E-state index contributed by atoms with van der Waals surface area (Å²) in [5, 5.41) is 0.433. The Morgan fingerprint density at radius 3 is 2.75 bits per heavy atom. The molecule has 144 valence electrons. The first-order valence-electron chi connectivity index (χ1n) is 8.31. The van der Waals surface area contributed by atoms with Crippen LogP contribution in [0, 0.1) is 0 Å². The third kappa shape index (κ3) is 4.43. The summed E-state index contributed by atoms with van der Waals surface area (Å²) in [5.74, 6) is -0.289. The van der Waals surface area contributed by atoms with Crippen molar-refractivity contribution in [1.29, 1.82) is 0 Å². The molecular formula is C20H15BrClNO5. The minimum Gasteiger partial charge on any atom is -0.490 e. The van der Waals surface area contributed by atoms with Gasteiger partial charge in [0.25, 0.3) is 0 Å². The van der Waals surface area contributed by atoms with Crippen LogP contribution in [0.3, 0.4) is 0 Å². The van der Waals surface area contributed by atoms with Crippen molar-refractivity contribution in [2.45, 2.75) is 13.8 Å². The maximum atomic E-state index is 12.2. The highest BCUT2D eigenvalue weighted by Crippen LogP contribution is 2.38. The Balaban J connectivity index is 1.99. The number of carbonyl (C=O) groups is 2. The fourth-order valence-electron chi connectivity index (χ4n) is 2.49. The van der Waals surface area contributed by atoms with Crippen LogP contribution >= 0.6 is 27.5 Å². The topological polar surface area (TPSA) is 74.2 Å². The van der Waals surface area contributed by atoms with Gasteiger partial charge in [-0.25, -0.2) is 9.79 Å². The lowest BCUT2D eigenvalue weighted by Crippen LogP contribution is -2.06. The van der Waals surface area contributed by atoms with Gasteiger partial charge >= 0.3 is 11.9 Å². The summed E-state index contributed by atoms with van der Waals surface area (Å²) in [4.78, 5) is 27.8. The van der Waals surface area contributed by atoms with Crippen LogP contribution in [0.15, 0.2) is 51.6 Å². The second-order valence-corrected chi connectivity index (χ2v) is 6.93. The second-order valence-electron chi connectivity index (χ2n) is 5.67. The molecule has 1 aliphatic heterocycles. The minimum absolute atomic E-state index is 0.115. The summed E-state index contributed by atoms with van der Waals surface area (Å²) in [7, 11) is 0. The molecule has 6 nitrogen and oxygen atoms in total. The van der Waals surface area contributed by atoms with Crippen molar-refractivity contribution in [3.8, 4) is 11.5 Å². The van der Waals surface area contributed by atoms with Gasteiger partial charge in [0, 0.05) is 6.92 Å². The highest BCUT2D eigenvalue weighted by molar-refractivity contribution is 9.10. The van der Waals surface area contributed by atoms with Gasteiger partial charge in [-0.1, -0.05) is 23.7 Å². The van der Waals surface area contributed by atoms with Crippen LogP contribution in [-0.2, 0) is 14.3 Å². The Morgan fingerprint density at radius 2 is 2.07 bits per heavy atom. The number of esters is 2. The number of nitrogens with zero attached hydrogens (tertiary/aromatic N) is 1. The van der Waals surface area contributed by atoms with E-state index in [4.69, 9.17) is 25.8 Å². The summed E-state index contributed by atoms with van der Waals surface area (Å²) in [6.07, 6.45) is 1.55. The Bertz CT molecular complexity index is 1020. The molecule has 0 bridgehead atoms. The summed E-state index contributed by atoms with van der Waals surface area (Å²) >= 11 is 9.50. The maximum absolute atomic E-state index is 12.2. The summed E-state index contributed by atoms with van der Waals surface area (Å²) < 4.78 is 16.5. The second kappa shape index (κ2) is 8.58. The van der Waals surface area contributed by atoms with Crippen LogP contribution < -0.4 is 9.47 Å². The van der Waals surface area contributed by atoms with E-state index in [1.165, 1.54) is 6.92 Å². The third-order valence-electron chi connectivity index (χ3n) is 3.61. The van der Waals surface area contributed by atoms with Crippen LogP contribution in [0.2, 0.25) is 5.02 Å². The number of ether oxygens (including phenoxy) is 3. The van der Waals surface area contributed by atoms with Gasteiger partial charge in [0.2, 0.25) is 5.90 Å². The van der Waals surface area contributed by atoms with Gasteiger partial charge in [0.15, 0.2) is 17.2 Å². The monoisotopic (exact) mass is 463 g/mol. The van der Waals surface area contributed by atoms with Crippen LogP contribution in [0.5, 0.6) is 11.5 Å². The van der Waals surface area contributed by atoms with Gasteiger partial charge in [0.1, 0.15) is 0 Å². The number of benzene rings is 2. The maximum Gasteiger partial charge on any atom is 0.363 e. The molecule has 0 saturated heterocycles. The van der Waals surface area contributed by atoms with Gasteiger partial charge in [-0.15, -0.1) is 0 Å². The van der Waals surface area contributed by atoms with E-state index >= 15 is 0 Å². The standard InChI is InChI=1S/C20H15BrClNO5/c1-3-26-17-10-12(8-14(21)18(17)27-11(2)24)9-16-20(25)28-19(23-16)13-6-4-5-7-15(13)22/h4-10H,3H2,1-2H3. The number of hydrogen-bond acceptors (Lipinski definition) is 6. The predicted octanol–water partition coefficient (Wildman–Crippen LogP) is 4.77. The molecule has 0 saturated carbocycles. The molecule has 0 fully saturated rings. The lowest BCUT2D eigenvalue weighted by Gasteiger charge is -2.12. The zero-order chi connectivity index (χ0) is 20.3. The molecule has 3 rings (SSSR count). The van der Waals surface area contributed by atoms with Crippen LogP contribution in [0.4, 0.5) is 0 Å². The molecule has 0 radical (unpaired) electrons. The first-order chi connectivity index (χ1) is 13.4. The fourth-order valence-corrected chi connectivity index (χ4v) is 3.25. The van der Waals surface area contributed by atoms with Gasteiger partial charge in [-0.3, -0.25) is 4.79 Å². The van der Waals surface area contributed by atoms with Gasteiger partial charge in [-0.2, -0.15) is 0 Å². The van der Waals surface area contributed by atoms with Gasteiger partial charge in [0.05, 0.1) is 21.7 Å². The van der Waals surface area contributed by atoms with Crippen molar-refractivity contribution >= 4 is 51.4 Å². The van der Waals surface area contributed by atoms with Crippen molar-refractivity contribution in [3.05, 3.63) is 62.7 Å². The number of hydrogen-bond donors (Lipinski definition) is 0. The van der Waals surface area contributed by atoms with Crippen LogP contribution in [0.25, 0.3) is 6.08 Å². The average molecular weight is 465 g/mol. The van der Waals surface area contributed by atoms with Crippen molar-refractivity contribution in [1.82, 2.24) is 0 Å². The molecule has 2 aromatic carbocycles. The van der Waals surface area contributed by atoms with E-state index in [1.54, 1.807) is 42.5 Å². The smallest absolute Gasteiger partial charge is 0.363 e.